The molecule has 0 N–H and O–H groups in total. The minimum Gasteiger partial charge on any atom is -0.469 e. The number of ether oxygens (including phenoxy) is 1. The van der Waals surface area contributed by atoms with Gasteiger partial charge in [0.1, 0.15) is 0 Å². The molecule has 16 heavy (non-hydrogen) atoms. The van der Waals surface area contributed by atoms with Gasteiger partial charge in [0.15, 0.2) is 0 Å². The number of hydrogen-bond donors (Lipinski definition) is 0. The lowest BCUT2D eigenvalue weighted by Crippen LogP contribution is -2.29. The maximum absolute atomic E-state index is 12.1. The highest BCUT2D eigenvalue weighted by Gasteiger charge is 2.78. The number of carbonyl (C=O) groups is 1. The van der Waals surface area contributed by atoms with E-state index in [1.54, 1.807) is 0 Å². The first-order valence-corrected chi connectivity index (χ1v) is 5.67. The van der Waals surface area contributed by atoms with Crippen LogP contribution < -0.4 is 0 Å². The molecule has 5 rings (SSSR count). The second-order valence-electron chi connectivity index (χ2n) is 4.92. The summed E-state index contributed by atoms with van der Waals surface area (Å²) in [6, 6.07) is 0. The molecule has 80 valence electrons. The van der Waals surface area contributed by atoms with Crippen molar-refractivity contribution in [1.82, 2.24) is 0 Å². The standard InChI is InChI=1S/C14H12O2/c1-16-13(15)14-10-5-3-2-4-9-8(10)6-7-11(14)12(9)14/h2-7,10-12H,1H3. The Morgan fingerprint density at radius 1 is 1.25 bits per heavy atom. The molecule has 0 saturated heterocycles. The number of allylic oxidation sites excluding steroid dienone is 8. The van der Waals surface area contributed by atoms with E-state index in [1.807, 2.05) is 6.08 Å². The molecule has 0 radical (unpaired) electrons. The van der Waals surface area contributed by atoms with Crippen molar-refractivity contribution in [3.8, 4) is 0 Å². The van der Waals surface area contributed by atoms with E-state index in [9.17, 15) is 4.79 Å². The van der Waals surface area contributed by atoms with Crippen molar-refractivity contribution in [2.75, 3.05) is 7.11 Å². The van der Waals surface area contributed by atoms with Gasteiger partial charge in [-0.2, -0.15) is 0 Å². The van der Waals surface area contributed by atoms with Gasteiger partial charge in [-0.1, -0.05) is 36.5 Å². The molecule has 4 atom stereocenters. The summed E-state index contributed by atoms with van der Waals surface area (Å²) in [6.45, 7) is 0. The molecule has 0 aliphatic heterocycles. The minimum absolute atomic E-state index is 0.0377. The maximum Gasteiger partial charge on any atom is 0.314 e. The highest BCUT2D eigenvalue weighted by atomic mass is 16.5. The molecule has 0 amide bonds. The highest BCUT2D eigenvalue weighted by Crippen LogP contribution is 2.76. The quantitative estimate of drug-likeness (QED) is 0.621. The van der Waals surface area contributed by atoms with Gasteiger partial charge in [-0.25, -0.2) is 0 Å². The monoisotopic (exact) mass is 212 g/mol. The molecule has 0 aromatic carbocycles. The van der Waals surface area contributed by atoms with Crippen LogP contribution in [0, 0.1) is 23.2 Å². The van der Waals surface area contributed by atoms with Crippen molar-refractivity contribution in [2.24, 2.45) is 23.2 Å². The Labute approximate surface area is 94.0 Å². The van der Waals surface area contributed by atoms with Crippen LogP contribution in [0.3, 0.4) is 0 Å². The first-order chi connectivity index (χ1) is 7.81. The molecule has 6 bridgehead atoms. The third kappa shape index (κ3) is 0.639. The molecule has 5 aliphatic rings. The molecule has 2 nitrogen and oxygen atoms in total. The highest BCUT2D eigenvalue weighted by molar-refractivity contribution is 5.89. The van der Waals surface area contributed by atoms with Gasteiger partial charge >= 0.3 is 5.97 Å². The Bertz CT molecular complexity index is 521. The first-order valence-electron chi connectivity index (χ1n) is 5.67. The molecule has 0 aromatic heterocycles. The predicted octanol–water partition coefficient (Wildman–Crippen LogP) is 2.01. The SMILES string of the molecule is COC(=O)C12C3C=CC=CC4=C3C=CC1C42. The Morgan fingerprint density at radius 2 is 2.12 bits per heavy atom. The summed E-state index contributed by atoms with van der Waals surface area (Å²) in [4.78, 5) is 12.1. The van der Waals surface area contributed by atoms with Crippen LogP contribution in [0.25, 0.3) is 0 Å². The van der Waals surface area contributed by atoms with Gasteiger partial charge in [0.05, 0.1) is 12.5 Å². The van der Waals surface area contributed by atoms with Crippen LogP contribution in [0.2, 0.25) is 0 Å². The van der Waals surface area contributed by atoms with Gasteiger partial charge < -0.3 is 4.74 Å². The zero-order valence-electron chi connectivity index (χ0n) is 9.01. The third-order valence-electron chi connectivity index (χ3n) is 4.55. The number of rotatable bonds is 1. The van der Waals surface area contributed by atoms with Crippen molar-refractivity contribution >= 4 is 5.97 Å². The third-order valence-corrected chi connectivity index (χ3v) is 4.55. The second kappa shape index (κ2) is 2.40. The zero-order valence-corrected chi connectivity index (χ0v) is 9.01. The zero-order chi connectivity index (χ0) is 10.9. The summed E-state index contributed by atoms with van der Waals surface area (Å²) in [7, 11) is 1.49. The topological polar surface area (TPSA) is 26.3 Å². The predicted molar refractivity (Wildman–Crippen MR) is 59.4 cm³/mol. The summed E-state index contributed by atoms with van der Waals surface area (Å²) >= 11 is 0. The summed E-state index contributed by atoms with van der Waals surface area (Å²) in [5.74, 6) is 0.949. The Kier molecular flexibility index (Phi) is 1.28. The Hall–Kier alpha value is -1.57. The van der Waals surface area contributed by atoms with Crippen LogP contribution in [0.4, 0.5) is 0 Å². The van der Waals surface area contributed by atoms with E-state index < -0.39 is 0 Å². The van der Waals surface area contributed by atoms with Crippen LogP contribution in [0.1, 0.15) is 0 Å². The lowest BCUT2D eigenvalue weighted by atomic mass is 9.79. The van der Waals surface area contributed by atoms with Crippen LogP contribution in [0.15, 0.2) is 47.6 Å². The lowest BCUT2D eigenvalue weighted by Gasteiger charge is -2.24. The molecule has 2 heteroatoms. The van der Waals surface area contributed by atoms with Gasteiger partial charge in [0.2, 0.25) is 0 Å². The largest absolute Gasteiger partial charge is 0.469 e. The Morgan fingerprint density at radius 3 is 2.94 bits per heavy atom. The van der Waals surface area contributed by atoms with E-state index in [0.717, 1.165) is 0 Å². The second-order valence-corrected chi connectivity index (χ2v) is 4.92. The first kappa shape index (κ1) is 8.57. The molecule has 1 saturated carbocycles. The number of hydrogen-bond acceptors (Lipinski definition) is 2. The number of methoxy groups -OCH3 is 1. The van der Waals surface area contributed by atoms with Crippen molar-refractivity contribution in [2.45, 2.75) is 0 Å². The molecular weight excluding hydrogens is 200 g/mol. The molecule has 0 aromatic rings. The van der Waals surface area contributed by atoms with E-state index >= 15 is 0 Å². The van der Waals surface area contributed by atoms with Crippen molar-refractivity contribution in [3.63, 3.8) is 0 Å². The normalized spacial score (nSPS) is 44.7. The van der Waals surface area contributed by atoms with Gasteiger partial charge in [-0.05, 0) is 11.1 Å². The van der Waals surface area contributed by atoms with E-state index in [0.29, 0.717) is 11.8 Å². The smallest absolute Gasteiger partial charge is 0.314 e. The fraction of sp³-hybridized carbons (Fsp3) is 0.357. The van der Waals surface area contributed by atoms with Crippen molar-refractivity contribution < 1.29 is 9.53 Å². The summed E-state index contributed by atoms with van der Waals surface area (Å²) in [5, 5.41) is 0. The fourth-order valence-electron chi connectivity index (χ4n) is 3.94. The lowest BCUT2D eigenvalue weighted by molar-refractivity contribution is -0.148. The molecular formula is C14H12O2. The Balaban J connectivity index is 1.94. The van der Waals surface area contributed by atoms with E-state index in [2.05, 4.69) is 30.4 Å². The molecule has 4 unspecified atom stereocenters. The van der Waals surface area contributed by atoms with Gasteiger partial charge in [0, 0.05) is 17.8 Å². The molecule has 1 fully saturated rings. The fourth-order valence-corrected chi connectivity index (χ4v) is 3.94. The van der Waals surface area contributed by atoms with Gasteiger partial charge in [-0.3, -0.25) is 4.79 Å². The van der Waals surface area contributed by atoms with Gasteiger partial charge in [0.25, 0.3) is 0 Å². The average Bonchev–Trinajstić information content (AvgIpc) is 2.95. The number of esters is 1. The minimum atomic E-state index is -0.282. The molecule has 5 aliphatic carbocycles. The van der Waals surface area contributed by atoms with Crippen LogP contribution >= 0.6 is 0 Å². The van der Waals surface area contributed by atoms with Crippen LogP contribution in [-0.2, 0) is 9.53 Å². The molecule has 0 spiro atoms. The van der Waals surface area contributed by atoms with E-state index in [-0.39, 0.29) is 17.3 Å². The van der Waals surface area contributed by atoms with Crippen LogP contribution in [-0.4, -0.2) is 13.1 Å². The number of carbonyl (C=O) groups excluding carboxylic acids is 1. The maximum atomic E-state index is 12.1. The van der Waals surface area contributed by atoms with Crippen molar-refractivity contribution in [3.05, 3.63) is 47.6 Å². The molecule has 0 heterocycles. The van der Waals surface area contributed by atoms with E-state index in [4.69, 9.17) is 4.74 Å². The average molecular weight is 212 g/mol. The van der Waals surface area contributed by atoms with Crippen molar-refractivity contribution in [1.29, 1.82) is 0 Å². The van der Waals surface area contributed by atoms with E-state index in [1.165, 1.54) is 18.3 Å². The van der Waals surface area contributed by atoms with Gasteiger partial charge in [-0.15, -0.1) is 0 Å². The summed E-state index contributed by atoms with van der Waals surface area (Å²) in [5.41, 5.74) is 2.39. The summed E-state index contributed by atoms with van der Waals surface area (Å²) < 4.78 is 5.02. The summed E-state index contributed by atoms with van der Waals surface area (Å²) in [6.07, 6.45) is 12.8. The van der Waals surface area contributed by atoms with Crippen LogP contribution in [0.5, 0.6) is 0 Å².